The zero-order valence-corrected chi connectivity index (χ0v) is 9.16. The molecule has 0 radical (unpaired) electrons. The van der Waals surface area contributed by atoms with Gasteiger partial charge < -0.3 is 15.8 Å². The average molecular weight is 220 g/mol. The van der Waals surface area contributed by atoms with Gasteiger partial charge in [-0.05, 0) is 42.5 Å². The van der Waals surface area contributed by atoms with Crippen molar-refractivity contribution in [3.63, 3.8) is 0 Å². The van der Waals surface area contributed by atoms with Gasteiger partial charge in [-0.25, -0.2) is 4.79 Å². The summed E-state index contributed by atoms with van der Waals surface area (Å²) in [6, 6.07) is 5.82. The molecule has 0 unspecified atom stereocenters. The number of ether oxygens (including phenoxy) is 1. The number of carbonyl (C=O) groups is 1. The van der Waals surface area contributed by atoms with E-state index in [9.17, 15) is 4.79 Å². The Morgan fingerprint density at radius 2 is 2.19 bits per heavy atom. The van der Waals surface area contributed by atoms with Crippen LogP contribution in [0.4, 0.5) is 4.79 Å². The Morgan fingerprint density at radius 3 is 3.00 bits per heavy atom. The summed E-state index contributed by atoms with van der Waals surface area (Å²) in [7, 11) is 0. The van der Waals surface area contributed by atoms with Crippen LogP contribution < -0.4 is 15.8 Å². The first-order chi connectivity index (χ1) is 7.79. The number of nitrogens with two attached hydrogens (primary N) is 1. The highest BCUT2D eigenvalue weighted by atomic mass is 16.6. The summed E-state index contributed by atoms with van der Waals surface area (Å²) in [4.78, 5) is 11.3. The summed E-state index contributed by atoms with van der Waals surface area (Å²) in [5.74, 6) is 0.607. The highest BCUT2D eigenvalue weighted by Crippen LogP contribution is 2.25. The van der Waals surface area contributed by atoms with E-state index in [1.54, 1.807) is 0 Å². The second-order valence-electron chi connectivity index (χ2n) is 3.89. The van der Waals surface area contributed by atoms with Crippen molar-refractivity contribution in [2.75, 3.05) is 13.1 Å². The molecule has 4 heteroatoms. The fourth-order valence-corrected chi connectivity index (χ4v) is 1.93. The molecule has 0 fully saturated rings. The van der Waals surface area contributed by atoms with Crippen LogP contribution in [0.25, 0.3) is 0 Å². The maximum atomic E-state index is 11.3. The zero-order valence-electron chi connectivity index (χ0n) is 9.16. The van der Waals surface area contributed by atoms with Crippen molar-refractivity contribution in [2.45, 2.75) is 19.3 Å². The number of nitrogens with one attached hydrogen (secondary N) is 1. The molecular weight excluding hydrogens is 204 g/mol. The lowest BCUT2D eigenvalue weighted by molar-refractivity contribution is 0.201. The first-order valence-corrected chi connectivity index (χ1v) is 5.57. The van der Waals surface area contributed by atoms with E-state index < -0.39 is 6.09 Å². The third-order valence-electron chi connectivity index (χ3n) is 2.69. The summed E-state index contributed by atoms with van der Waals surface area (Å²) in [6.45, 7) is 0.850. The van der Waals surface area contributed by atoms with Gasteiger partial charge in [0.1, 0.15) is 5.75 Å². The largest absolute Gasteiger partial charge is 0.412 e. The first kappa shape index (κ1) is 11.0. The molecular formula is C12H16N2O2. The fourth-order valence-electron chi connectivity index (χ4n) is 1.93. The van der Waals surface area contributed by atoms with Gasteiger partial charge in [0.15, 0.2) is 0 Å². The highest BCUT2D eigenvalue weighted by molar-refractivity contribution is 5.70. The van der Waals surface area contributed by atoms with Crippen molar-refractivity contribution < 1.29 is 9.53 Å². The van der Waals surface area contributed by atoms with Crippen molar-refractivity contribution in [1.29, 1.82) is 0 Å². The molecule has 1 amide bonds. The number of hydrogen-bond donors (Lipinski definition) is 2. The van der Waals surface area contributed by atoms with Crippen LogP contribution in [0.15, 0.2) is 18.2 Å². The summed E-state index contributed by atoms with van der Waals surface area (Å²) in [5, 5.41) is 2.56. The lowest BCUT2D eigenvalue weighted by Crippen LogP contribution is -2.31. The SMILES string of the molecule is NCCNC(=O)Oc1ccc2c(c1)CCC2. The average Bonchev–Trinajstić information content (AvgIpc) is 2.73. The van der Waals surface area contributed by atoms with Crippen LogP contribution in [0.5, 0.6) is 5.75 Å². The summed E-state index contributed by atoms with van der Waals surface area (Å²) >= 11 is 0. The van der Waals surface area contributed by atoms with Crippen LogP contribution in [0, 0.1) is 0 Å². The van der Waals surface area contributed by atoms with Gasteiger partial charge in [-0.3, -0.25) is 0 Å². The third kappa shape index (κ3) is 2.52. The van der Waals surface area contributed by atoms with Crippen LogP contribution in [0.2, 0.25) is 0 Å². The van der Waals surface area contributed by atoms with E-state index in [0.29, 0.717) is 18.8 Å². The molecule has 3 N–H and O–H groups in total. The van der Waals surface area contributed by atoms with Crippen LogP contribution in [0.1, 0.15) is 17.5 Å². The maximum Gasteiger partial charge on any atom is 0.412 e. The topological polar surface area (TPSA) is 64.3 Å². The number of fused-ring (bicyclic) bond motifs is 1. The monoisotopic (exact) mass is 220 g/mol. The Labute approximate surface area is 94.8 Å². The van der Waals surface area contributed by atoms with Gasteiger partial charge in [-0.2, -0.15) is 0 Å². The number of hydrogen-bond acceptors (Lipinski definition) is 3. The van der Waals surface area contributed by atoms with E-state index in [1.165, 1.54) is 17.5 Å². The molecule has 0 aromatic heterocycles. The van der Waals surface area contributed by atoms with Gasteiger partial charge in [0, 0.05) is 13.1 Å². The number of rotatable bonds is 3. The minimum Gasteiger partial charge on any atom is -0.410 e. The second-order valence-corrected chi connectivity index (χ2v) is 3.89. The first-order valence-electron chi connectivity index (χ1n) is 5.57. The molecule has 4 nitrogen and oxygen atoms in total. The van der Waals surface area contributed by atoms with E-state index in [0.717, 1.165) is 12.8 Å². The van der Waals surface area contributed by atoms with Crippen molar-refractivity contribution in [3.8, 4) is 5.75 Å². The number of amides is 1. The molecule has 0 aliphatic heterocycles. The van der Waals surface area contributed by atoms with Gasteiger partial charge in [0.25, 0.3) is 0 Å². The summed E-state index contributed by atoms with van der Waals surface area (Å²) in [6.07, 6.45) is 2.97. The predicted octanol–water partition coefficient (Wildman–Crippen LogP) is 1.22. The normalized spacial score (nSPS) is 13.3. The Balaban J connectivity index is 1.97. The Kier molecular flexibility index (Phi) is 3.41. The molecule has 1 aliphatic carbocycles. The standard InChI is InChI=1S/C12H16N2O2/c13-6-7-14-12(15)16-11-5-4-9-2-1-3-10(9)8-11/h4-5,8H,1-3,6-7,13H2,(H,14,15). The van der Waals surface area contributed by atoms with Gasteiger partial charge in [-0.15, -0.1) is 0 Å². The van der Waals surface area contributed by atoms with E-state index in [2.05, 4.69) is 5.32 Å². The maximum absolute atomic E-state index is 11.3. The van der Waals surface area contributed by atoms with Gasteiger partial charge in [0.05, 0.1) is 0 Å². The van der Waals surface area contributed by atoms with Gasteiger partial charge >= 0.3 is 6.09 Å². The molecule has 16 heavy (non-hydrogen) atoms. The van der Waals surface area contributed by atoms with Crippen molar-refractivity contribution >= 4 is 6.09 Å². The molecule has 0 heterocycles. The molecule has 1 aromatic rings. The van der Waals surface area contributed by atoms with E-state index in [-0.39, 0.29) is 0 Å². The highest BCUT2D eigenvalue weighted by Gasteiger charge is 2.12. The Bertz CT molecular complexity index is 391. The van der Waals surface area contributed by atoms with Crippen molar-refractivity contribution in [1.82, 2.24) is 5.32 Å². The Hall–Kier alpha value is -1.55. The smallest absolute Gasteiger partial charge is 0.410 e. The van der Waals surface area contributed by atoms with E-state index >= 15 is 0 Å². The van der Waals surface area contributed by atoms with Crippen LogP contribution in [-0.2, 0) is 12.8 Å². The van der Waals surface area contributed by atoms with Crippen molar-refractivity contribution in [2.24, 2.45) is 5.73 Å². The second kappa shape index (κ2) is 4.99. The predicted molar refractivity (Wildman–Crippen MR) is 61.5 cm³/mol. The molecule has 0 saturated carbocycles. The molecule has 0 saturated heterocycles. The van der Waals surface area contributed by atoms with Gasteiger partial charge in [-0.1, -0.05) is 6.07 Å². The summed E-state index contributed by atoms with van der Waals surface area (Å²) in [5.41, 5.74) is 7.94. The quantitative estimate of drug-likeness (QED) is 0.805. The van der Waals surface area contributed by atoms with Crippen LogP contribution >= 0.6 is 0 Å². The number of aryl methyl sites for hydroxylation is 2. The fraction of sp³-hybridized carbons (Fsp3) is 0.417. The van der Waals surface area contributed by atoms with E-state index in [1.807, 2.05) is 18.2 Å². The molecule has 0 bridgehead atoms. The van der Waals surface area contributed by atoms with Gasteiger partial charge in [0.2, 0.25) is 0 Å². The molecule has 2 rings (SSSR count). The number of carbonyl (C=O) groups excluding carboxylic acids is 1. The molecule has 1 aromatic carbocycles. The van der Waals surface area contributed by atoms with Crippen molar-refractivity contribution in [3.05, 3.63) is 29.3 Å². The minimum absolute atomic E-state index is 0.416. The molecule has 0 atom stereocenters. The third-order valence-corrected chi connectivity index (χ3v) is 2.69. The minimum atomic E-state index is -0.441. The lowest BCUT2D eigenvalue weighted by atomic mass is 10.1. The molecule has 0 spiro atoms. The van der Waals surface area contributed by atoms with E-state index in [4.69, 9.17) is 10.5 Å². The molecule has 1 aliphatic rings. The zero-order chi connectivity index (χ0) is 11.4. The number of benzene rings is 1. The lowest BCUT2D eigenvalue weighted by Gasteiger charge is -2.07. The van der Waals surface area contributed by atoms with Crippen LogP contribution in [-0.4, -0.2) is 19.2 Å². The summed E-state index contributed by atoms with van der Waals surface area (Å²) < 4.78 is 5.14. The van der Waals surface area contributed by atoms with Crippen LogP contribution in [0.3, 0.4) is 0 Å². The Morgan fingerprint density at radius 1 is 1.38 bits per heavy atom. The molecule has 86 valence electrons.